The van der Waals surface area contributed by atoms with Crippen molar-refractivity contribution in [3.63, 3.8) is 0 Å². The lowest BCUT2D eigenvalue weighted by Gasteiger charge is -2.18. The Hall–Kier alpha value is -0.940. The van der Waals surface area contributed by atoms with Crippen LogP contribution in [0.15, 0.2) is 16.7 Å². The van der Waals surface area contributed by atoms with Crippen LogP contribution in [0.25, 0.3) is 0 Å². The Morgan fingerprint density at radius 2 is 2.24 bits per heavy atom. The molecule has 0 aliphatic carbocycles. The number of aryl methyl sites for hydroxylation is 1. The summed E-state index contributed by atoms with van der Waals surface area (Å²) in [7, 11) is 1.72. The quantitative estimate of drug-likeness (QED) is 0.865. The van der Waals surface area contributed by atoms with Gasteiger partial charge in [0.1, 0.15) is 4.60 Å². The van der Waals surface area contributed by atoms with E-state index in [-0.39, 0.29) is 5.91 Å². The van der Waals surface area contributed by atoms with E-state index in [0.29, 0.717) is 23.1 Å². The van der Waals surface area contributed by atoms with Gasteiger partial charge in [0.25, 0.3) is 5.91 Å². The highest BCUT2D eigenvalue weighted by Crippen LogP contribution is 2.16. The minimum atomic E-state index is -0.398. The summed E-state index contributed by atoms with van der Waals surface area (Å²) in [4.78, 5) is 17.8. The number of aliphatic hydroxyl groups is 1. The van der Waals surface area contributed by atoms with Crippen molar-refractivity contribution in [2.45, 2.75) is 26.4 Å². The van der Waals surface area contributed by atoms with E-state index in [2.05, 4.69) is 20.9 Å². The second-order valence-electron chi connectivity index (χ2n) is 4.16. The van der Waals surface area contributed by atoms with Gasteiger partial charge in [0, 0.05) is 19.3 Å². The van der Waals surface area contributed by atoms with Crippen LogP contribution in [0.2, 0.25) is 0 Å². The van der Waals surface area contributed by atoms with Crippen molar-refractivity contribution in [1.82, 2.24) is 9.88 Å². The number of nitrogens with zero attached hydrogens (tertiary/aromatic N) is 2. The van der Waals surface area contributed by atoms with Crippen molar-refractivity contribution >= 4 is 21.8 Å². The molecule has 4 nitrogen and oxygen atoms in total. The topological polar surface area (TPSA) is 53.4 Å². The van der Waals surface area contributed by atoms with E-state index in [1.165, 1.54) is 0 Å². The van der Waals surface area contributed by atoms with Gasteiger partial charge in [0.15, 0.2) is 0 Å². The van der Waals surface area contributed by atoms with Crippen LogP contribution >= 0.6 is 15.9 Å². The van der Waals surface area contributed by atoms with Gasteiger partial charge in [-0.3, -0.25) is 4.79 Å². The van der Waals surface area contributed by atoms with E-state index < -0.39 is 6.10 Å². The first-order valence-electron chi connectivity index (χ1n) is 5.48. The molecule has 0 spiro atoms. The minimum absolute atomic E-state index is 0.0926. The number of rotatable bonds is 4. The third-order valence-electron chi connectivity index (χ3n) is 2.45. The van der Waals surface area contributed by atoms with Gasteiger partial charge in [-0.25, -0.2) is 4.98 Å². The molecule has 1 unspecified atom stereocenters. The second-order valence-corrected chi connectivity index (χ2v) is 4.91. The molecule has 1 aromatic heterocycles. The van der Waals surface area contributed by atoms with E-state index in [1.54, 1.807) is 31.0 Å². The number of amides is 1. The van der Waals surface area contributed by atoms with Crippen LogP contribution in [0.4, 0.5) is 0 Å². The van der Waals surface area contributed by atoms with Crippen molar-refractivity contribution in [2.75, 3.05) is 13.6 Å². The van der Waals surface area contributed by atoms with Crippen molar-refractivity contribution in [3.05, 3.63) is 28.0 Å². The first kappa shape index (κ1) is 14.1. The monoisotopic (exact) mass is 300 g/mol. The minimum Gasteiger partial charge on any atom is -0.393 e. The molecule has 0 radical (unpaired) electrons. The maximum Gasteiger partial charge on any atom is 0.256 e. The molecule has 1 atom stereocenters. The third kappa shape index (κ3) is 4.09. The Kier molecular flexibility index (Phi) is 5.08. The molecule has 0 bridgehead atoms. The van der Waals surface area contributed by atoms with Gasteiger partial charge in [-0.15, -0.1) is 0 Å². The standard InChI is InChI=1S/C12H17BrN2O2/c1-8-4-5-10(11(13)14-8)12(17)15(3)7-6-9(2)16/h4-5,9,16H,6-7H2,1-3H3. The Morgan fingerprint density at radius 3 is 2.76 bits per heavy atom. The first-order chi connectivity index (χ1) is 7.91. The van der Waals surface area contributed by atoms with Gasteiger partial charge in [-0.2, -0.15) is 0 Å². The van der Waals surface area contributed by atoms with Crippen LogP contribution in [0.1, 0.15) is 29.4 Å². The average Bonchev–Trinajstić information content (AvgIpc) is 2.25. The normalized spacial score (nSPS) is 12.3. The van der Waals surface area contributed by atoms with Gasteiger partial charge in [0.2, 0.25) is 0 Å². The van der Waals surface area contributed by atoms with Crippen molar-refractivity contribution in [1.29, 1.82) is 0 Å². The maximum absolute atomic E-state index is 12.1. The SMILES string of the molecule is Cc1ccc(C(=O)N(C)CCC(C)O)c(Br)n1. The number of carbonyl (C=O) groups is 1. The lowest BCUT2D eigenvalue weighted by Crippen LogP contribution is -2.29. The smallest absolute Gasteiger partial charge is 0.256 e. The molecular formula is C12H17BrN2O2. The predicted molar refractivity (Wildman–Crippen MR) is 69.9 cm³/mol. The molecule has 0 aromatic carbocycles. The summed E-state index contributed by atoms with van der Waals surface area (Å²) in [6.07, 6.45) is 0.170. The number of carbonyl (C=O) groups excluding carboxylic acids is 1. The number of hydrogen-bond acceptors (Lipinski definition) is 3. The van der Waals surface area contributed by atoms with E-state index >= 15 is 0 Å². The fourth-order valence-corrected chi connectivity index (χ4v) is 1.95. The van der Waals surface area contributed by atoms with Crippen LogP contribution in [0, 0.1) is 6.92 Å². The summed E-state index contributed by atoms with van der Waals surface area (Å²) in [5.74, 6) is -0.0926. The second kappa shape index (κ2) is 6.12. The Balaban J connectivity index is 2.75. The number of pyridine rings is 1. The lowest BCUT2D eigenvalue weighted by molar-refractivity contribution is 0.0767. The largest absolute Gasteiger partial charge is 0.393 e. The van der Waals surface area contributed by atoms with E-state index in [9.17, 15) is 9.90 Å². The number of aromatic nitrogens is 1. The van der Waals surface area contributed by atoms with E-state index in [1.807, 2.05) is 6.92 Å². The van der Waals surface area contributed by atoms with Crippen LogP contribution < -0.4 is 0 Å². The summed E-state index contributed by atoms with van der Waals surface area (Å²) in [6, 6.07) is 3.56. The van der Waals surface area contributed by atoms with Gasteiger partial charge < -0.3 is 10.0 Å². The van der Waals surface area contributed by atoms with Crippen LogP contribution in [-0.4, -0.2) is 40.6 Å². The molecule has 1 heterocycles. The molecule has 1 aromatic rings. The van der Waals surface area contributed by atoms with Gasteiger partial charge in [0.05, 0.1) is 11.7 Å². The zero-order valence-corrected chi connectivity index (χ0v) is 11.9. The molecule has 0 saturated carbocycles. The van der Waals surface area contributed by atoms with Crippen LogP contribution in [0.3, 0.4) is 0 Å². The Morgan fingerprint density at radius 1 is 1.59 bits per heavy atom. The molecule has 0 fully saturated rings. The summed E-state index contributed by atoms with van der Waals surface area (Å²) in [5, 5.41) is 9.19. The summed E-state index contributed by atoms with van der Waals surface area (Å²) >= 11 is 3.29. The van der Waals surface area contributed by atoms with E-state index in [4.69, 9.17) is 0 Å². The fourth-order valence-electron chi connectivity index (χ4n) is 1.37. The Labute approximate surface area is 110 Å². The van der Waals surface area contributed by atoms with Crippen molar-refractivity contribution in [2.24, 2.45) is 0 Å². The average molecular weight is 301 g/mol. The first-order valence-corrected chi connectivity index (χ1v) is 6.27. The zero-order chi connectivity index (χ0) is 13.0. The molecule has 17 heavy (non-hydrogen) atoms. The van der Waals surface area contributed by atoms with Crippen molar-refractivity contribution < 1.29 is 9.90 Å². The molecule has 94 valence electrons. The van der Waals surface area contributed by atoms with Gasteiger partial charge >= 0.3 is 0 Å². The third-order valence-corrected chi connectivity index (χ3v) is 3.05. The zero-order valence-electron chi connectivity index (χ0n) is 10.3. The molecule has 5 heteroatoms. The number of halogens is 1. The molecule has 1 rings (SSSR count). The molecule has 0 aliphatic heterocycles. The summed E-state index contributed by atoms with van der Waals surface area (Å²) in [6.45, 7) is 4.11. The molecule has 0 aliphatic rings. The Bertz CT molecular complexity index is 407. The molecular weight excluding hydrogens is 284 g/mol. The van der Waals surface area contributed by atoms with E-state index in [0.717, 1.165) is 5.69 Å². The number of aliphatic hydroxyl groups excluding tert-OH is 1. The van der Waals surface area contributed by atoms with Crippen molar-refractivity contribution in [3.8, 4) is 0 Å². The van der Waals surface area contributed by atoms with Gasteiger partial charge in [-0.1, -0.05) is 0 Å². The molecule has 1 N–H and O–H groups in total. The van der Waals surface area contributed by atoms with Gasteiger partial charge in [-0.05, 0) is 48.3 Å². The van der Waals surface area contributed by atoms with Crippen LogP contribution in [0.5, 0.6) is 0 Å². The summed E-state index contributed by atoms with van der Waals surface area (Å²) in [5.41, 5.74) is 1.41. The molecule has 1 amide bonds. The predicted octanol–water partition coefficient (Wildman–Crippen LogP) is 2.00. The highest BCUT2D eigenvalue weighted by Gasteiger charge is 2.15. The number of hydrogen-bond donors (Lipinski definition) is 1. The fraction of sp³-hybridized carbons (Fsp3) is 0.500. The molecule has 0 saturated heterocycles. The van der Waals surface area contributed by atoms with Crippen LogP contribution in [-0.2, 0) is 0 Å². The highest BCUT2D eigenvalue weighted by atomic mass is 79.9. The summed E-state index contributed by atoms with van der Waals surface area (Å²) < 4.78 is 0.561. The highest BCUT2D eigenvalue weighted by molar-refractivity contribution is 9.10. The maximum atomic E-state index is 12.1. The lowest BCUT2D eigenvalue weighted by atomic mass is 10.2.